The summed E-state index contributed by atoms with van der Waals surface area (Å²) in [6, 6.07) is 5.79. The molecule has 0 atom stereocenters. The molecule has 0 unspecified atom stereocenters. The van der Waals surface area contributed by atoms with Crippen molar-refractivity contribution in [2.45, 2.75) is 13.0 Å². The molecule has 6 heteroatoms. The van der Waals surface area contributed by atoms with Crippen LogP contribution in [0.25, 0.3) is 22.4 Å². The van der Waals surface area contributed by atoms with E-state index in [0.29, 0.717) is 24.9 Å². The molecule has 104 valence electrons. The summed E-state index contributed by atoms with van der Waals surface area (Å²) < 4.78 is 5.40. The van der Waals surface area contributed by atoms with Crippen molar-refractivity contribution in [3.8, 4) is 11.4 Å². The van der Waals surface area contributed by atoms with Gasteiger partial charge in [-0.1, -0.05) is 0 Å². The third-order valence-corrected chi connectivity index (χ3v) is 3.58. The lowest BCUT2D eigenvalue weighted by Gasteiger charge is -2.17. The van der Waals surface area contributed by atoms with Gasteiger partial charge in [-0.15, -0.1) is 0 Å². The van der Waals surface area contributed by atoms with Gasteiger partial charge in [-0.3, -0.25) is 9.97 Å². The lowest BCUT2D eigenvalue weighted by atomic mass is 10.1. The van der Waals surface area contributed by atoms with E-state index in [9.17, 15) is 0 Å². The first-order valence-electron chi connectivity index (χ1n) is 6.75. The van der Waals surface area contributed by atoms with Crippen LogP contribution in [0.5, 0.6) is 0 Å². The zero-order chi connectivity index (χ0) is 14.2. The Morgan fingerprint density at radius 2 is 1.90 bits per heavy atom. The molecule has 21 heavy (non-hydrogen) atoms. The Morgan fingerprint density at radius 1 is 1.05 bits per heavy atom. The van der Waals surface area contributed by atoms with E-state index in [1.54, 1.807) is 12.4 Å². The molecule has 1 aliphatic rings. The molecule has 0 aliphatic carbocycles. The average molecular weight is 279 g/mol. The van der Waals surface area contributed by atoms with E-state index in [0.717, 1.165) is 34.3 Å². The lowest BCUT2D eigenvalue weighted by molar-refractivity contribution is 0.109. The molecule has 0 amide bonds. The molecule has 0 fully saturated rings. The van der Waals surface area contributed by atoms with Crippen molar-refractivity contribution in [2.24, 2.45) is 0 Å². The topological polar surface area (TPSA) is 86.8 Å². The number of rotatable bonds is 1. The Morgan fingerprint density at radius 3 is 2.81 bits per heavy atom. The highest BCUT2D eigenvalue weighted by Gasteiger charge is 2.17. The zero-order valence-electron chi connectivity index (χ0n) is 11.3. The largest absolute Gasteiger partial charge is 0.383 e. The Kier molecular flexibility index (Phi) is 2.75. The van der Waals surface area contributed by atoms with Crippen LogP contribution < -0.4 is 5.73 Å². The molecule has 2 aromatic heterocycles. The van der Waals surface area contributed by atoms with E-state index < -0.39 is 0 Å². The van der Waals surface area contributed by atoms with Crippen molar-refractivity contribution in [1.29, 1.82) is 0 Å². The number of hydrogen-bond donors (Lipinski definition) is 1. The van der Waals surface area contributed by atoms with Crippen molar-refractivity contribution in [3.05, 3.63) is 41.9 Å². The molecule has 0 saturated carbocycles. The number of aromatic nitrogens is 4. The quantitative estimate of drug-likeness (QED) is 0.730. The van der Waals surface area contributed by atoms with Crippen LogP contribution in [0.1, 0.15) is 11.3 Å². The van der Waals surface area contributed by atoms with Crippen LogP contribution in [-0.4, -0.2) is 26.5 Å². The van der Waals surface area contributed by atoms with Crippen LogP contribution in [0.3, 0.4) is 0 Å². The van der Waals surface area contributed by atoms with Crippen molar-refractivity contribution in [2.75, 3.05) is 12.3 Å². The molecule has 6 nitrogen and oxygen atoms in total. The number of ether oxygens (including phenoxy) is 1. The third kappa shape index (κ3) is 2.09. The molecule has 1 aliphatic heterocycles. The van der Waals surface area contributed by atoms with Crippen LogP contribution in [-0.2, 0) is 17.8 Å². The predicted octanol–water partition coefficient (Wildman–Crippen LogP) is 1.74. The second-order valence-electron chi connectivity index (χ2n) is 4.92. The van der Waals surface area contributed by atoms with E-state index in [-0.39, 0.29) is 0 Å². The maximum atomic E-state index is 6.03. The summed E-state index contributed by atoms with van der Waals surface area (Å²) in [6.07, 6.45) is 4.11. The van der Waals surface area contributed by atoms with E-state index in [2.05, 4.69) is 19.9 Å². The maximum absolute atomic E-state index is 6.03. The summed E-state index contributed by atoms with van der Waals surface area (Å²) in [4.78, 5) is 17.6. The zero-order valence-corrected chi connectivity index (χ0v) is 11.3. The normalized spacial score (nSPS) is 14.1. The summed E-state index contributed by atoms with van der Waals surface area (Å²) in [5.74, 6) is 1.12. The Bertz CT molecular complexity index is 833. The first-order chi connectivity index (χ1) is 10.3. The van der Waals surface area contributed by atoms with Crippen LogP contribution in [0.15, 0.2) is 30.6 Å². The maximum Gasteiger partial charge on any atom is 0.161 e. The van der Waals surface area contributed by atoms with Crippen molar-refractivity contribution in [3.63, 3.8) is 0 Å². The first-order valence-corrected chi connectivity index (χ1v) is 6.75. The van der Waals surface area contributed by atoms with Gasteiger partial charge >= 0.3 is 0 Å². The molecular formula is C15H13N5O. The number of fused-ring (bicyclic) bond motifs is 2. The number of hydrogen-bond acceptors (Lipinski definition) is 6. The van der Waals surface area contributed by atoms with Gasteiger partial charge in [-0.25, -0.2) is 9.97 Å². The van der Waals surface area contributed by atoms with Gasteiger partial charge in [0.2, 0.25) is 0 Å². The number of nitrogens with two attached hydrogens (primary N) is 1. The number of nitrogen functional groups attached to an aromatic ring is 1. The molecule has 4 rings (SSSR count). The fraction of sp³-hybridized carbons (Fsp3) is 0.200. The van der Waals surface area contributed by atoms with Crippen molar-refractivity contribution in [1.82, 2.24) is 19.9 Å². The molecule has 0 spiro atoms. The van der Waals surface area contributed by atoms with E-state index >= 15 is 0 Å². The molecule has 1 aromatic carbocycles. The smallest absolute Gasteiger partial charge is 0.161 e. The monoisotopic (exact) mass is 279 g/mol. The molecule has 2 N–H and O–H groups in total. The van der Waals surface area contributed by atoms with Gasteiger partial charge < -0.3 is 10.5 Å². The number of nitrogens with zero attached hydrogens (tertiary/aromatic N) is 4. The van der Waals surface area contributed by atoms with Gasteiger partial charge in [0, 0.05) is 29.9 Å². The van der Waals surface area contributed by atoms with Gasteiger partial charge in [-0.05, 0) is 18.2 Å². The summed E-state index contributed by atoms with van der Waals surface area (Å²) >= 11 is 0. The minimum Gasteiger partial charge on any atom is -0.383 e. The summed E-state index contributed by atoms with van der Waals surface area (Å²) in [7, 11) is 0. The fourth-order valence-corrected chi connectivity index (χ4v) is 2.49. The third-order valence-electron chi connectivity index (χ3n) is 3.58. The highest BCUT2D eigenvalue weighted by molar-refractivity contribution is 5.79. The lowest BCUT2D eigenvalue weighted by Crippen LogP contribution is -2.16. The molecule has 0 saturated heterocycles. The van der Waals surface area contributed by atoms with E-state index in [1.807, 2.05) is 18.2 Å². The predicted molar refractivity (Wildman–Crippen MR) is 78.3 cm³/mol. The fourth-order valence-electron chi connectivity index (χ4n) is 2.49. The van der Waals surface area contributed by atoms with Gasteiger partial charge in [0.25, 0.3) is 0 Å². The van der Waals surface area contributed by atoms with Gasteiger partial charge in [0.05, 0.1) is 29.9 Å². The average Bonchev–Trinajstić information content (AvgIpc) is 2.54. The summed E-state index contributed by atoms with van der Waals surface area (Å²) in [5.41, 5.74) is 10.5. The second-order valence-corrected chi connectivity index (χ2v) is 4.92. The summed E-state index contributed by atoms with van der Waals surface area (Å²) in [6.45, 7) is 1.16. The first kappa shape index (κ1) is 12.2. The standard InChI is InChI=1S/C15H13N5O/c16-14-10-8-21-6-3-11(10)19-15(20-14)9-1-2-12-13(7-9)18-5-4-17-12/h1-2,4-5,7H,3,6,8H2,(H2,16,19,20). The Labute approximate surface area is 121 Å². The second kappa shape index (κ2) is 4.75. The van der Waals surface area contributed by atoms with Crippen molar-refractivity contribution >= 4 is 16.9 Å². The van der Waals surface area contributed by atoms with Gasteiger partial charge in [-0.2, -0.15) is 0 Å². The SMILES string of the molecule is Nc1nc(-c2ccc3nccnc3c2)nc2c1COCC2. The molecular weight excluding hydrogens is 266 g/mol. The Balaban J connectivity index is 1.86. The van der Waals surface area contributed by atoms with Gasteiger partial charge in [0.15, 0.2) is 5.82 Å². The molecule has 0 bridgehead atoms. The molecule has 3 aromatic rings. The highest BCUT2D eigenvalue weighted by atomic mass is 16.5. The number of anilines is 1. The van der Waals surface area contributed by atoms with Crippen molar-refractivity contribution < 1.29 is 4.74 Å². The molecule has 0 radical (unpaired) electrons. The van der Waals surface area contributed by atoms with Crippen LogP contribution in [0, 0.1) is 0 Å². The highest BCUT2D eigenvalue weighted by Crippen LogP contribution is 2.25. The van der Waals surface area contributed by atoms with E-state index in [4.69, 9.17) is 10.5 Å². The van der Waals surface area contributed by atoms with Gasteiger partial charge in [0.1, 0.15) is 5.82 Å². The van der Waals surface area contributed by atoms with Crippen LogP contribution in [0.2, 0.25) is 0 Å². The molecule has 3 heterocycles. The van der Waals surface area contributed by atoms with E-state index in [1.165, 1.54) is 0 Å². The Hall–Kier alpha value is -2.60. The van der Waals surface area contributed by atoms with Crippen LogP contribution >= 0.6 is 0 Å². The minimum absolute atomic E-state index is 0.491. The minimum atomic E-state index is 0.491. The summed E-state index contributed by atoms with van der Waals surface area (Å²) in [5, 5.41) is 0. The van der Waals surface area contributed by atoms with Crippen LogP contribution in [0.4, 0.5) is 5.82 Å². The number of benzene rings is 1.